The van der Waals surface area contributed by atoms with Gasteiger partial charge in [-0.2, -0.15) is 4.39 Å². The van der Waals surface area contributed by atoms with E-state index in [1.54, 1.807) is 0 Å². The zero-order chi connectivity index (χ0) is 15.6. The predicted octanol–water partition coefficient (Wildman–Crippen LogP) is 4.08. The van der Waals surface area contributed by atoms with Gasteiger partial charge in [-0.3, -0.25) is 0 Å². The Balaban J connectivity index is 2.22. The maximum atomic E-state index is 13.5. The normalized spacial score (nSPS) is 10.5. The van der Waals surface area contributed by atoms with E-state index in [1.807, 2.05) is 0 Å². The zero-order valence-corrected chi connectivity index (χ0v) is 12.9. The van der Waals surface area contributed by atoms with Crippen LogP contribution in [-0.4, -0.2) is 4.99 Å². The van der Waals surface area contributed by atoms with Gasteiger partial charge in [-0.1, -0.05) is 28.1 Å². The summed E-state index contributed by atoms with van der Waals surface area (Å²) in [5.74, 6) is -2.96. The summed E-state index contributed by atoms with van der Waals surface area (Å²) in [6.07, 6.45) is 0. The molecule has 0 aromatic heterocycles. The number of benzene rings is 2. The molecule has 0 saturated carbocycles. The van der Waals surface area contributed by atoms with Gasteiger partial charge in [0.25, 0.3) is 0 Å². The Hall–Kier alpha value is -1.60. The maximum absolute atomic E-state index is 13.5. The van der Waals surface area contributed by atoms with Gasteiger partial charge in [-0.05, 0) is 35.9 Å². The van der Waals surface area contributed by atoms with Gasteiger partial charge >= 0.3 is 0 Å². The lowest BCUT2D eigenvalue weighted by Crippen LogP contribution is -2.10. The lowest BCUT2D eigenvalue weighted by molar-refractivity contribution is 0.284. The van der Waals surface area contributed by atoms with Crippen LogP contribution in [0.3, 0.4) is 0 Å². The minimum Gasteiger partial charge on any atom is -0.486 e. The van der Waals surface area contributed by atoms with Gasteiger partial charge in [0.15, 0.2) is 11.6 Å². The maximum Gasteiger partial charge on any atom is 0.200 e. The second-order valence-electron chi connectivity index (χ2n) is 4.20. The monoisotopic (exact) mass is 375 g/mol. The quantitative estimate of drug-likeness (QED) is 0.645. The topological polar surface area (TPSA) is 35.2 Å². The fourth-order valence-electron chi connectivity index (χ4n) is 1.67. The van der Waals surface area contributed by atoms with E-state index in [2.05, 4.69) is 15.9 Å². The number of hydrogen-bond acceptors (Lipinski definition) is 2. The van der Waals surface area contributed by atoms with Crippen LogP contribution in [0.25, 0.3) is 0 Å². The van der Waals surface area contributed by atoms with Crippen molar-refractivity contribution in [3.8, 4) is 5.75 Å². The molecule has 21 heavy (non-hydrogen) atoms. The summed E-state index contributed by atoms with van der Waals surface area (Å²) in [4.78, 5) is 0.0374. The molecular formula is C14H9BrF3NOS. The zero-order valence-electron chi connectivity index (χ0n) is 10.5. The summed E-state index contributed by atoms with van der Waals surface area (Å²) in [5.41, 5.74) is 6.17. The second kappa shape index (κ2) is 6.44. The average molecular weight is 376 g/mol. The third-order valence-electron chi connectivity index (χ3n) is 2.60. The summed E-state index contributed by atoms with van der Waals surface area (Å²) < 4.78 is 45.7. The van der Waals surface area contributed by atoms with Crippen LogP contribution in [-0.2, 0) is 6.61 Å². The van der Waals surface area contributed by atoms with Crippen molar-refractivity contribution in [3.63, 3.8) is 0 Å². The first-order valence-corrected chi connectivity index (χ1v) is 6.93. The number of hydrogen-bond donors (Lipinski definition) is 1. The first kappa shape index (κ1) is 15.8. The molecule has 0 aliphatic heterocycles. The molecule has 2 N–H and O–H groups in total. The first-order valence-electron chi connectivity index (χ1n) is 5.73. The Kier molecular flexibility index (Phi) is 4.84. The third-order valence-corrected chi connectivity index (χ3v) is 3.29. The molecule has 0 aliphatic rings. The molecule has 0 unspecified atom stereocenters. The van der Waals surface area contributed by atoms with E-state index in [9.17, 15) is 13.2 Å². The fraction of sp³-hybridized carbons (Fsp3) is 0.0714. The summed E-state index contributed by atoms with van der Waals surface area (Å²) in [6.45, 7) is -0.153. The van der Waals surface area contributed by atoms with E-state index in [0.29, 0.717) is 15.6 Å². The number of nitrogens with two attached hydrogens (primary N) is 1. The molecule has 0 aliphatic carbocycles. The molecule has 0 saturated heterocycles. The summed E-state index contributed by atoms with van der Waals surface area (Å²) in [5, 5.41) is 0. The number of ether oxygens (including phenoxy) is 1. The Morgan fingerprint density at radius 1 is 1.14 bits per heavy atom. The molecule has 0 spiro atoms. The molecule has 2 aromatic carbocycles. The van der Waals surface area contributed by atoms with Crippen LogP contribution in [0.1, 0.15) is 11.1 Å². The van der Waals surface area contributed by atoms with Crippen molar-refractivity contribution in [3.05, 3.63) is 63.4 Å². The van der Waals surface area contributed by atoms with Crippen molar-refractivity contribution in [2.24, 2.45) is 5.73 Å². The molecule has 0 amide bonds. The van der Waals surface area contributed by atoms with Crippen LogP contribution in [0.2, 0.25) is 0 Å². The highest BCUT2D eigenvalue weighted by Crippen LogP contribution is 2.26. The van der Waals surface area contributed by atoms with Crippen LogP contribution >= 0.6 is 28.1 Å². The smallest absolute Gasteiger partial charge is 0.200 e. The first-order chi connectivity index (χ1) is 9.86. The van der Waals surface area contributed by atoms with Gasteiger partial charge in [0.2, 0.25) is 5.82 Å². The van der Waals surface area contributed by atoms with Gasteiger partial charge in [-0.15, -0.1) is 0 Å². The molecule has 2 aromatic rings. The van der Waals surface area contributed by atoms with Crippen molar-refractivity contribution in [1.29, 1.82) is 0 Å². The van der Waals surface area contributed by atoms with Gasteiger partial charge < -0.3 is 10.5 Å². The van der Waals surface area contributed by atoms with Crippen molar-refractivity contribution in [2.45, 2.75) is 6.61 Å². The molecule has 7 heteroatoms. The molecule has 0 fully saturated rings. The molecule has 0 heterocycles. The van der Waals surface area contributed by atoms with Crippen LogP contribution in [0, 0.1) is 17.5 Å². The predicted molar refractivity (Wildman–Crippen MR) is 80.7 cm³/mol. The standard InChI is InChI=1S/C14H9BrF3NOS/c15-9-4-11(17)13(18)12(5-9)20-6-7-1-8(14(19)21)3-10(16)2-7/h1-5H,6H2,(H2,19,21). The lowest BCUT2D eigenvalue weighted by Gasteiger charge is -2.10. The lowest BCUT2D eigenvalue weighted by atomic mass is 10.1. The van der Waals surface area contributed by atoms with Crippen molar-refractivity contribution >= 4 is 33.1 Å². The number of rotatable bonds is 4. The highest BCUT2D eigenvalue weighted by Gasteiger charge is 2.12. The summed E-state index contributed by atoms with van der Waals surface area (Å²) in [7, 11) is 0. The molecule has 0 atom stereocenters. The molecule has 2 nitrogen and oxygen atoms in total. The van der Waals surface area contributed by atoms with Crippen LogP contribution in [0.15, 0.2) is 34.8 Å². The number of halogens is 4. The summed E-state index contributed by atoms with van der Waals surface area (Å²) >= 11 is 7.80. The van der Waals surface area contributed by atoms with E-state index < -0.39 is 17.5 Å². The summed E-state index contributed by atoms with van der Waals surface area (Å²) in [6, 6.07) is 6.18. The Labute approximate surface area is 132 Å². The van der Waals surface area contributed by atoms with Gasteiger partial charge in [0.1, 0.15) is 17.4 Å². The van der Waals surface area contributed by atoms with Crippen molar-refractivity contribution in [2.75, 3.05) is 0 Å². The molecule has 0 radical (unpaired) electrons. The molecular weight excluding hydrogens is 367 g/mol. The Morgan fingerprint density at radius 2 is 1.86 bits per heavy atom. The highest BCUT2D eigenvalue weighted by atomic mass is 79.9. The van der Waals surface area contributed by atoms with Crippen LogP contribution in [0.4, 0.5) is 13.2 Å². The van der Waals surface area contributed by atoms with Crippen LogP contribution < -0.4 is 10.5 Å². The van der Waals surface area contributed by atoms with Crippen molar-refractivity contribution in [1.82, 2.24) is 0 Å². The largest absolute Gasteiger partial charge is 0.486 e. The van der Waals surface area contributed by atoms with Crippen LogP contribution in [0.5, 0.6) is 5.75 Å². The van der Waals surface area contributed by atoms with Gasteiger partial charge in [-0.25, -0.2) is 8.78 Å². The number of thiocarbonyl (C=S) groups is 1. The van der Waals surface area contributed by atoms with E-state index in [1.165, 1.54) is 24.3 Å². The second-order valence-corrected chi connectivity index (χ2v) is 5.56. The van der Waals surface area contributed by atoms with E-state index in [4.69, 9.17) is 22.7 Å². The Bertz CT molecular complexity index is 709. The fourth-order valence-corrected chi connectivity index (χ4v) is 2.20. The van der Waals surface area contributed by atoms with Gasteiger partial charge in [0, 0.05) is 10.0 Å². The average Bonchev–Trinajstić information content (AvgIpc) is 2.40. The van der Waals surface area contributed by atoms with E-state index in [0.717, 1.165) is 6.07 Å². The van der Waals surface area contributed by atoms with E-state index in [-0.39, 0.29) is 17.3 Å². The molecule has 110 valence electrons. The minimum absolute atomic E-state index is 0.0374. The Morgan fingerprint density at radius 3 is 2.52 bits per heavy atom. The van der Waals surface area contributed by atoms with Gasteiger partial charge in [0.05, 0.1) is 0 Å². The van der Waals surface area contributed by atoms with Crippen molar-refractivity contribution < 1.29 is 17.9 Å². The highest BCUT2D eigenvalue weighted by molar-refractivity contribution is 9.10. The molecule has 0 bridgehead atoms. The molecule has 2 rings (SSSR count). The minimum atomic E-state index is -1.11. The van der Waals surface area contributed by atoms with E-state index >= 15 is 0 Å². The SMILES string of the molecule is NC(=S)c1cc(F)cc(COc2cc(Br)cc(F)c2F)c1. The third kappa shape index (κ3) is 3.95.